The Kier molecular flexibility index (Phi) is 4.82. The first kappa shape index (κ1) is 13.1. The standard InChI is InChI=1S/C9H10ClFN2O2S/c1-16-3-2-12-8-5-7(11)6(10)4-9(8)13(14)15/h4-5,12H,2-3H2,1H3. The molecule has 0 aliphatic carbocycles. The van der Waals surface area contributed by atoms with Gasteiger partial charge in [-0.3, -0.25) is 10.1 Å². The minimum Gasteiger partial charge on any atom is -0.379 e. The van der Waals surface area contributed by atoms with Gasteiger partial charge >= 0.3 is 0 Å². The Morgan fingerprint density at radius 1 is 1.62 bits per heavy atom. The average molecular weight is 265 g/mol. The normalized spacial score (nSPS) is 10.2. The van der Waals surface area contributed by atoms with Crippen LogP contribution in [0, 0.1) is 15.9 Å². The predicted octanol–water partition coefficient (Wildman–Crippen LogP) is 3.16. The molecule has 1 aromatic carbocycles. The second-order valence-corrected chi connectivity index (χ2v) is 4.35. The zero-order valence-corrected chi connectivity index (χ0v) is 10.1. The monoisotopic (exact) mass is 264 g/mol. The lowest BCUT2D eigenvalue weighted by Gasteiger charge is -2.06. The number of hydrogen-bond acceptors (Lipinski definition) is 4. The van der Waals surface area contributed by atoms with Gasteiger partial charge in [0, 0.05) is 24.4 Å². The van der Waals surface area contributed by atoms with Gasteiger partial charge in [0.1, 0.15) is 11.5 Å². The fraction of sp³-hybridized carbons (Fsp3) is 0.333. The van der Waals surface area contributed by atoms with Crippen LogP contribution in [0.25, 0.3) is 0 Å². The van der Waals surface area contributed by atoms with Crippen molar-refractivity contribution in [1.29, 1.82) is 0 Å². The highest BCUT2D eigenvalue weighted by Crippen LogP contribution is 2.30. The first-order chi connectivity index (χ1) is 7.56. The molecule has 0 saturated carbocycles. The Labute approximate surface area is 101 Å². The number of rotatable bonds is 5. The van der Waals surface area contributed by atoms with Gasteiger partial charge in [-0.05, 0) is 6.26 Å². The molecule has 4 nitrogen and oxygen atoms in total. The van der Waals surface area contributed by atoms with Crippen LogP contribution >= 0.6 is 23.4 Å². The van der Waals surface area contributed by atoms with Crippen molar-refractivity contribution in [3.63, 3.8) is 0 Å². The summed E-state index contributed by atoms with van der Waals surface area (Å²) >= 11 is 7.07. The molecule has 1 rings (SSSR count). The van der Waals surface area contributed by atoms with Crippen LogP contribution in [-0.2, 0) is 0 Å². The van der Waals surface area contributed by atoms with E-state index >= 15 is 0 Å². The SMILES string of the molecule is CSCCNc1cc(F)c(Cl)cc1[N+](=O)[O-]. The first-order valence-corrected chi connectivity index (χ1v) is 6.19. The van der Waals surface area contributed by atoms with E-state index in [4.69, 9.17) is 11.6 Å². The molecule has 0 aromatic heterocycles. The van der Waals surface area contributed by atoms with E-state index in [-0.39, 0.29) is 16.4 Å². The van der Waals surface area contributed by atoms with Gasteiger partial charge in [0.05, 0.1) is 9.95 Å². The summed E-state index contributed by atoms with van der Waals surface area (Å²) in [6, 6.07) is 2.05. The first-order valence-electron chi connectivity index (χ1n) is 4.42. The third-order valence-electron chi connectivity index (χ3n) is 1.86. The minimum atomic E-state index is -0.668. The maximum absolute atomic E-state index is 13.1. The molecule has 0 aliphatic heterocycles. The highest BCUT2D eigenvalue weighted by atomic mass is 35.5. The topological polar surface area (TPSA) is 55.2 Å². The van der Waals surface area contributed by atoms with Crippen molar-refractivity contribution in [3.05, 3.63) is 33.1 Å². The fourth-order valence-corrected chi connectivity index (χ4v) is 1.58. The summed E-state index contributed by atoms with van der Waals surface area (Å²) < 4.78 is 13.1. The number of nitrogens with zero attached hydrogens (tertiary/aromatic N) is 1. The third-order valence-corrected chi connectivity index (χ3v) is 2.76. The lowest BCUT2D eigenvalue weighted by atomic mass is 10.2. The zero-order valence-electron chi connectivity index (χ0n) is 8.50. The van der Waals surface area contributed by atoms with Crippen molar-refractivity contribution < 1.29 is 9.31 Å². The third kappa shape index (κ3) is 3.24. The molecule has 0 spiro atoms. The van der Waals surface area contributed by atoms with Gasteiger partial charge in [0.2, 0.25) is 0 Å². The van der Waals surface area contributed by atoms with E-state index in [9.17, 15) is 14.5 Å². The summed E-state index contributed by atoms with van der Waals surface area (Å²) in [6.45, 7) is 0.531. The molecule has 1 N–H and O–H groups in total. The molecular formula is C9H10ClFN2O2S. The minimum absolute atomic E-state index is 0.154. The van der Waals surface area contributed by atoms with E-state index in [1.165, 1.54) is 0 Å². The Bertz CT molecular complexity index is 403. The Morgan fingerprint density at radius 3 is 2.88 bits per heavy atom. The van der Waals surface area contributed by atoms with Gasteiger partial charge in [-0.15, -0.1) is 0 Å². The van der Waals surface area contributed by atoms with Gasteiger partial charge in [0.15, 0.2) is 0 Å². The van der Waals surface area contributed by atoms with Crippen LogP contribution < -0.4 is 5.32 Å². The van der Waals surface area contributed by atoms with E-state index in [1.807, 2.05) is 6.26 Å². The summed E-state index contributed by atoms with van der Waals surface area (Å²) in [4.78, 5) is 10.1. The van der Waals surface area contributed by atoms with Crippen LogP contribution in [0.15, 0.2) is 12.1 Å². The number of nitro benzene ring substituents is 1. The second-order valence-electron chi connectivity index (χ2n) is 2.96. The van der Waals surface area contributed by atoms with Gasteiger partial charge in [-0.1, -0.05) is 11.6 Å². The summed E-state index contributed by atoms with van der Waals surface area (Å²) in [5, 5.41) is 13.3. The largest absolute Gasteiger partial charge is 0.379 e. The number of anilines is 1. The lowest BCUT2D eigenvalue weighted by Crippen LogP contribution is -2.06. The van der Waals surface area contributed by atoms with Gasteiger partial charge in [-0.2, -0.15) is 11.8 Å². The van der Waals surface area contributed by atoms with Crippen LogP contribution in [-0.4, -0.2) is 23.5 Å². The number of benzene rings is 1. The predicted molar refractivity (Wildman–Crippen MR) is 64.9 cm³/mol. The Morgan fingerprint density at radius 2 is 2.31 bits per heavy atom. The summed E-state index contributed by atoms with van der Waals surface area (Å²) in [5.41, 5.74) is -0.0616. The van der Waals surface area contributed by atoms with Crippen molar-refractivity contribution in [2.45, 2.75) is 0 Å². The number of thioether (sulfide) groups is 1. The van der Waals surface area contributed by atoms with Crippen LogP contribution in [0.4, 0.5) is 15.8 Å². The Hall–Kier alpha value is -1.01. The molecule has 88 valence electrons. The number of halogens is 2. The number of hydrogen-bond donors (Lipinski definition) is 1. The van der Waals surface area contributed by atoms with Crippen LogP contribution in [0.1, 0.15) is 0 Å². The molecule has 0 heterocycles. The van der Waals surface area contributed by atoms with Crippen molar-refractivity contribution in [3.8, 4) is 0 Å². The molecule has 0 amide bonds. The quantitative estimate of drug-likeness (QED) is 0.504. The molecule has 0 unspecified atom stereocenters. The zero-order chi connectivity index (χ0) is 12.1. The molecule has 16 heavy (non-hydrogen) atoms. The maximum atomic E-state index is 13.1. The van der Waals surface area contributed by atoms with Crippen molar-refractivity contribution >= 4 is 34.7 Å². The van der Waals surface area contributed by atoms with Crippen LogP contribution in [0.2, 0.25) is 5.02 Å². The van der Waals surface area contributed by atoms with E-state index in [1.54, 1.807) is 11.8 Å². The van der Waals surface area contributed by atoms with Crippen molar-refractivity contribution in [1.82, 2.24) is 0 Å². The van der Waals surface area contributed by atoms with Crippen molar-refractivity contribution in [2.24, 2.45) is 0 Å². The smallest absolute Gasteiger partial charge is 0.294 e. The average Bonchev–Trinajstić information content (AvgIpc) is 2.23. The van der Waals surface area contributed by atoms with Gasteiger partial charge in [-0.25, -0.2) is 4.39 Å². The molecule has 0 aliphatic rings. The lowest BCUT2D eigenvalue weighted by molar-refractivity contribution is -0.384. The molecular weight excluding hydrogens is 255 g/mol. The molecule has 7 heteroatoms. The number of nitrogens with one attached hydrogen (secondary N) is 1. The fourth-order valence-electron chi connectivity index (χ4n) is 1.12. The maximum Gasteiger partial charge on any atom is 0.294 e. The van der Waals surface area contributed by atoms with Crippen molar-refractivity contribution in [2.75, 3.05) is 23.9 Å². The number of nitro groups is 1. The Balaban J connectivity index is 2.95. The molecule has 0 bridgehead atoms. The van der Waals surface area contributed by atoms with Crippen LogP contribution in [0.3, 0.4) is 0 Å². The molecule has 0 atom stereocenters. The summed E-state index contributed by atoms with van der Waals surface area (Å²) in [6.07, 6.45) is 1.92. The molecule has 1 aromatic rings. The highest BCUT2D eigenvalue weighted by molar-refractivity contribution is 7.98. The molecule has 0 radical (unpaired) electrons. The summed E-state index contributed by atoms with van der Waals surface area (Å²) in [5.74, 6) is 0.111. The van der Waals surface area contributed by atoms with E-state index in [0.29, 0.717) is 6.54 Å². The van der Waals surface area contributed by atoms with E-state index < -0.39 is 10.7 Å². The highest BCUT2D eigenvalue weighted by Gasteiger charge is 2.17. The van der Waals surface area contributed by atoms with Gasteiger partial charge in [0.25, 0.3) is 5.69 Å². The van der Waals surface area contributed by atoms with E-state index in [0.717, 1.165) is 17.9 Å². The summed E-state index contributed by atoms with van der Waals surface area (Å²) in [7, 11) is 0. The molecule has 0 saturated heterocycles. The van der Waals surface area contributed by atoms with E-state index in [2.05, 4.69) is 5.32 Å². The second kappa shape index (κ2) is 5.91. The van der Waals surface area contributed by atoms with Crippen LogP contribution in [0.5, 0.6) is 0 Å². The van der Waals surface area contributed by atoms with Gasteiger partial charge < -0.3 is 5.32 Å². The molecule has 0 fully saturated rings.